The zero-order valence-corrected chi connectivity index (χ0v) is 9.38. The average Bonchev–Trinajstić information content (AvgIpc) is 2.38. The number of aromatic nitrogens is 1. The number of carbonyl (C=O) groups is 1. The molecule has 0 amide bonds. The highest BCUT2D eigenvalue weighted by atomic mass is 19.1. The van der Waals surface area contributed by atoms with E-state index < -0.39 is 5.97 Å². The summed E-state index contributed by atoms with van der Waals surface area (Å²) < 4.78 is 13.7. The smallest absolute Gasteiger partial charge is 0.328 e. The molecule has 1 aromatic carbocycles. The molecule has 4 heteroatoms. The van der Waals surface area contributed by atoms with Crippen LogP contribution in [0.5, 0.6) is 0 Å². The lowest BCUT2D eigenvalue weighted by atomic mass is 10.0. The van der Waals surface area contributed by atoms with Crippen molar-refractivity contribution in [3.63, 3.8) is 0 Å². The molecule has 1 N–H and O–H groups in total. The summed E-state index contributed by atoms with van der Waals surface area (Å²) in [4.78, 5) is 14.4. The molecule has 0 saturated heterocycles. The molecular weight excluding hydrogens is 233 g/mol. The van der Waals surface area contributed by atoms with Gasteiger partial charge in [-0.1, -0.05) is 12.1 Å². The molecule has 1 heterocycles. The number of nitrogens with zero attached hydrogens (tertiary/aromatic N) is 1. The van der Waals surface area contributed by atoms with Crippen molar-refractivity contribution in [1.29, 1.82) is 0 Å². The van der Waals surface area contributed by atoms with E-state index in [1.54, 1.807) is 30.6 Å². The van der Waals surface area contributed by atoms with Gasteiger partial charge in [0.2, 0.25) is 0 Å². The lowest BCUT2D eigenvalue weighted by Crippen LogP contribution is -1.88. The van der Waals surface area contributed by atoms with E-state index in [2.05, 4.69) is 4.98 Å². The minimum Gasteiger partial charge on any atom is -0.478 e. The summed E-state index contributed by atoms with van der Waals surface area (Å²) in [6, 6.07) is 7.88. The summed E-state index contributed by atoms with van der Waals surface area (Å²) in [5.74, 6) is -1.40. The van der Waals surface area contributed by atoms with Gasteiger partial charge >= 0.3 is 5.97 Å². The highest BCUT2D eigenvalue weighted by Gasteiger charge is 2.05. The first kappa shape index (κ1) is 12.0. The van der Waals surface area contributed by atoms with Gasteiger partial charge in [-0.15, -0.1) is 0 Å². The number of benzene rings is 1. The van der Waals surface area contributed by atoms with Gasteiger partial charge in [-0.2, -0.15) is 0 Å². The third-order valence-electron chi connectivity index (χ3n) is 2.38. The molecule has 2 aromatic rings. The Morgan fingerprint density at radius 3 is 2.83 bits per heavy atom. The maximum atomic E-state index is 13.7. The van der Waals surface area contributed by atoms with Crippen LogP contribution in [0, 0.1) is 5.82 Å². The number of halogens is 1. The van der Waals surface area contributed by atoms with E-state index in [1.165, 1.54) is 18.2 Å². The van der Waals surface area contributed by atoms with Crippen molar-refractivity contribution >= 4 is 12.0 Å². The Kier molecular flexibility index (Phi) is 3.48. The van der Waals surface area contributed by atoms with Crippen LogP contribution in [-0.2, 0) is 4.79 Å². The summed E-state index contributed by atoms with van der Waals surface area (Å²) in [6.07, 6.45) is 5.60. The minimum atomic E-state index is -1.04. The highest BCUT2D eigenvalue weighted by molar-refractivity contribution is 5.85. The quantitative estimate of drug-likeness (QED) is 0.843. The molecule has 0 aliphatic heterocycles. The maximum Gasteiger partial charge on any atom is 0.328 e. The maximum absolute atomic E-state index is 13.7. The van der Waals surface area contributed by atoms with Gasteiger partial charge in [0, 0.05) is 29.6 Å². The lowest BCUT2D eigenvalue weighted by molar-refractivity contribution is -0.131. The van der Waals surface area contributed by atoms with E-state index in [4.69, 9.17) is 5.11 Å². The molecule has 0 atom stereocenters. The second kappa shape index (κ2) is 5.23. The summed E-state index contributed by atoms with van der Waals surface area (Å²) in [7, 11) is 0. The second-order valence-electron chi connectivity index (χ2n) is 3.65. The fourth-order valence-corrected chi connectivity index (χ4v) is 1.56. The van der Waals surface area contributed by atoms with E-state index in [1.807, 2.05) is 0 Å². The van der Waals surface area contributed by atoms with Gasteiger partial charge in [-0.25, -0.2) is 9.18 Å². The summed E-state index contributed by atoms with van der Waals surface area (Å²) >= 11 is 0. The molecule has 0 aliphatic carbocycles. The van der Waals surface area contributed by atoms with Crippen molar-refractivity contribution in [2.75, 3.05) is 0 Å². The third-order valence-corrected chi connectivity index (χ3v) is 2.38. The summed E-state index contributed by atoms with van der Waals surface area (Å²) in [5.41, 5.74) is 1.67. The molecule has 0 spiro atoms. The first-order chi connectivity index (χ1) is 8.66. The van der Waals surface area contributed by atoms with Gasteiger partial charge in [0.05, 0.1) is 0 Å². The van der Waals surface area contributed by atoms with Gasteiger partial charge in [0.15, 0.2) is 0 Å². The first-order valence-electron chi connectivity index (χ1n) is 5.28. The Balaban J connectivity index is 2.42. The zero-order chi connectivity index (χ0) is 13.0. The minimum absolute atomic E-state index is 0.365. The Hall–Kier alpha value is -2.49. The Morgan fingerprint density at radius 1 is 1.33 bits per heavy atom. The number of hydrogen-bond acceptors (Lipinski definition) is 2. The van der Waals surface area contributed by atoms with Crippen molar-refractivity contribution in [1.82, 2.24) is 4.98 Å². The van der Waals surface area contributed by atoms with Crippen LogP contribution in [0.25, 0.3) is 17.2 Å². The largest absolute Gasteiger partial charge is 0.478 e. The van der Waals surface area contributed by atoms with Crippen LogP contribution in [0.4, 0.5) is 4.39 Å². The first-order valence-corrected chi connectivity index (χ1v) is 5.28. The molecule has 2 rings (SSSR count). The standard InChI is InChI=1S/C14H10FNO2/c15-13-5-3-10(4-6-14(17)18)8-12(13)11-2-1-7-16-9-11/h1-9H,(H,17,18). The van der Waals surface area contributed by atoms with Crippen LogP contribution < -0.4 is 0 Å². The summed E-state index contributed by atoms with van der Waals surface area (Å²) in [5, 5.41) is 8.54. The van der Waals surface area contributed by atoms with Crippen molar-refractivity contribution in [2.24, 2.45) is 0 Å². The predicted octanol–water partition coefficient (Wildman–Crippen LogP) is 2.99. The van der Waals surface area contributed by atoms with E-state index in [9.17, 15) is 9.18 Å². The predicted molar refractivity (Wildman–Crippen MR) is 66.3 cm³/mol. The van der Waals surface area contributed by atoms with E-state index in [-0.39, 0.29) is 5.82 Å². The molecule has 18 heavy (non-hydrogen) atoms. The topological polar surface area (TPSA) is 50.2 Å². The van der Waals surface area contributed by atoms with E-state index in [0.717, 1.165) is 6.08 Å². The molecule has 1 aromatic heterocycles. The average molecular weight is 243 g/mol. The third kappa shape index (κ3) is 2.79. The monoisotopic (exact) mass is 243 g/mol. The van der Waals surface area contributed by atoms with Crippen LogP contribution >= 0.6 is 0 Å². The Morgan fingerprint density at radius 2 is 2.17 bits per heavy atom. The van der Waals surface area contributed by atoms with Gasteiger partial charge in [0.1, 0.15) is 5.82 Å². The fourth-order valence-electron chi connectivity index (χ4n) is 1.56. The van der Waals surface area contributed by atoms with Crippen LogP contribution in [-0.4, -0.2) is 16.1 Å². The molecule has 0 radical (unpaired) electrons. The highest BCUT2D eigenvalue weighted by Crippen LogP contribution is 2.23. The van der Waals surface area contributed by atoms with Crippen molar-refractivity contribution in [3.05, 3.63) is 60.2 Å². The van der Waals surface area contributed by atoms with Gasteiger partial charge in [-0.3, -0.25) is 4.98 Å². The van der Waals surface area contributed by atoms with Crippen LogP contribution in [0.2, 0.25) is 0 Å². The number of rotatable bonds is 3. The zero-order valence-electron chi connectivity index (χ0n) is 9.38. The molecule has 90 valence electrons. The number of carboxylic acid groups (broad SMARTS) is 1. The van der Waals surface area contributed by atoms with Crippen molar-refractivity contribution < 1.29 is 14.3 Å². The number of hydrogen-bond donors (Lipinski definition) is 1. The van der Waals surface area contributed by atoms with Crippen molar-refractivity contribution in [3.8, 4) is 11.1 Å². The van der Waals surface area contributed by atoms with Crippen molar-refractivity contribution in [2.45, 2.75) is 0 Å². The molecule has 0 unspecified atom stereocenters. The Labute approximate surface area is 103 Å². The fraction of sp³-hybridized carbons (Fsp3) is 0. The van der Waals surface area contributed by atoms with Crippen LogP contribution in [0.15, 0.2) is 48.8 Å². The number of aliphatic carboxylic acids is 1. The van der Waals surface area contributed by atoms with Gasteiger partial charge < -0.3 is 5.11 Å². The van der Waals surface area contributed by atoms with E-state index in [0.29, 0.717) is 16.7 Å². The van der Waals surface area contributed by atoms with Crippen LogP contribution in [0.3, 0.4) is 0 Å². The normalized spacial score (nSPS) is 10.7. The molecular formula is C14H10FNO2. The van der Waals surface area contributed by atoms with Gasteiger partial charge in [0.25, 0.3) is 0 Å². The number of pyridine rings is 1. The molecule has 0 fully saturated rings. The number of carboxylic acids is 1. The van der Waals surface area contributed by atoms with Gasteiger partial charge in [-0.05, 0) is 29.8 Å². The van der Waals surface area contributed by atoms with Crippen LogP contribution in [0.1, 0.15) is 5.56 Å². The molecule has 0 aliphatic rings. The SMILES string of the molecule is O=C(O)C=Cc1ccc(F)c(-c2cccnc2)c1. The lowest BCUT2D eigenvalue weighted by Gasteiger charge is -2.04. The van der Waals surface area contributed by atoms with E-state index >= 15 is 0 Å². The summed E-state index contributed by atoms with van der Waals surface area (Å²) in [6.45, 7) is 0. The Bertz CT molecular complexity index is 594. The molecule has 3 nitrogen and oxygen atoms in total. The molecule has 0 saturated carbocycles. The second-order valence-corrected chi connectivity index (χ2v) is 3.65. The molecule has 0 bridgehead atoms.